The van der Waals surface area contributed by atoms with Crippen LogP contribution in [0.1, 0.15) is 11.5 Å². The van der Waals surface area contributed by atoms with Gasteiger partial charge in [-0.3, -0.25) is 4.99 Å². The standard InChI is InChI=1S/C13H13N3O/c1-2-4-12(5-3-1)17-9-11-8-16-10-14-7-6-13(16)15-11/h1-5,7-8H,6,9-10H2. The van der Waals surface area contributed by atoms with Gasteiger partial charge in [-0.1, -0.05) is 18.2 Å². The molecule has 0 aliphatic carbocycles. The molecule has 1 aromatic carbocycles. The number of para-hydroxylation sites is 1. The quantitative estimate of drug-likeness (QED) is 0.805. The fraction of sp³-hybridized carbons (Fsp3) is 0.231. The van der Waals surface area contributed by atoms with Gasteiger partial charge >= 0.3 is 0 Å². The lowest BCUT2D eigenvalue weighted by Gasteiger charge is -2.05. The van der Waals surface area contributed by atoms with Crippen LogP contribution in [0.3, 0.4) is 0 Å². The molecule has 1 aliphatic heterocycles. The minimum absolute atomic E-state index is 0.504. The summed E-state index contributed by atoms with van der Waals surface area (Å²) in [5, 5.41) is 0. The average molecular weight is 227 g/mol. The van der Waals surface area contributed by atoms with Crippen LogP contribution in [-0.4, -0.2) is 15.8 Å². The van der Waals surface area contributed by atoms with E-state index < -0.39 is 0 Å². The van der Waals surface area contributed by atoms with Gasteiger partial charge in [0.15, 0.2) is 0 Å². The van der Waals surface area contributed by atoms with Gasteiger partial charge in [0.1, 0.15) is 24.8 Å². The van der Waals surface area contributed by atoms with Gasteiger partial charge in [0.05, 0.1) is 5.69 Å². The monoisotopic (exact) mass is 227 g/mol. The van der Waals surface area contributed by atoms with Crippen molar-refractivity contribution in [3.05, 3.63) is 48.0 Å². The van der Waals surface area contributed by atoms with Crippen molar-refractivity contribution >= 4 is 6.21 Å². The molecule has 0 amide bonds. The molecular formula is C13H13N3O. The van der Waals surface area contributed by atoms with Crippen LogP contribution in [0.25, 0.3) is 0 Å². The van der Waals surface area contributed by atoms with E-state index in [1.807, 2.05) is 42.7 Å². The fourth-order valence-electron chi connectivity index (χ4n) is 1.83. The van der Waals surface area contributed by atoms with Gasteiger partial charge in [-0.15, -0.1) is 0 Å². The summed E-state index contributed by atoms with van der Waals surface area (Å²) in [6.07, 6.45) is 4.73. The van der Waals surface area contributed by atoms with Crippen LogP contribution < -0.4 is 4.74 Å². The molecule has 17 heavy (non-hydrogen) atoms. The first kappa shape index (κ1) is 10.1. The molecule has 0 atom stereocenters. The van der Waals surface area contributed by atoms with Crippen molar-refractivity contribution in [2.75, 3.05) is 0 Å². The van der Waals surface area contributed by atoms with Gasteiger partial charge in [0.25, 0.3) is 0 Å². The Morgan fingerprint density at radius 3 is 2.94 bits per heavy atom. The molecule has 1 aromatic heterocycles. The summed E-state index contributed by atoms with van der Waals surface area (Å²) in [5.74, 6) is 1.93. The van der Waals surface area contributed by atoms with E-state index in [4.69, 9.17) is 4.74 Å². The van der Waals surface area contributed by atoms with Crippen LogP contribution >= 0.6 is 0 Å². The van der Waals surface area contributed by atoms with Crippen LogP contribution in [0.4, 0.5) is 0 Å². The summed E-state index contributed by atoms with van der Waals surface area (Å²) in [5.41, 5.74) is 0.953. The normalized spacial score (nSPS) is 13.4. The fourth-order valence-corrected chi connectivity index (χ4v) is 1.83. The second-order valence-corrected chi connectivity index (χ2v) is 3.93. The van der Waals surface area contributed by atoms with E-state index in [0.717, 1.165) is 23.7 Å². The highest BCUT2D eigenvalue weighted by Crippen LogP contribution is 2.13. The number of hydrogen-bond donors (Lipinski definition) is 0. The van der Waals surface area contributed by atoms with E-state index in [1.54, 1.807) is 0 Å². The maximum Gasteiger partial charge on any atom is 0.132 e. The summed E-state index contributed by atoms with van der Waals surface area (Å²) >= 11 is 0. The smallest absolute Gasteiger partial charge is 0.132 e. The molecule has 2 heterocycles. The number of aliphatic imine (C=N–C) groups is 1. The lowest BCUT2D eigenvalue weighted by molar-refractivity contribution is 0.301. The number of rotatable bonds is 3. The van der Waals surface area contributed by atoms with E-state index in [9.17, 15) is 0 Å². The van der Waals surface area contributed by atoms with Crippen molar-refractivity contribution < 1.29 is 4.74 Å². The lowest BCUT2D eigenvalue weighted by atomic mass is 10.3. The van der Waals surface area contributed by atoms with E-state index in [2.05, 4.69) is 14.5 Å². The Morgan fingerprint density at radius 1 is 1.24 bits per heavy atom. The van der Waals surface area contributed by atoms with Crippen LogP contribution in [0.5, 0.6) is 5.75 Å². The molecule has 86 valence electrons. The molecule has 3 rings (SSSR count). The minimum Gasteiger partial charge on any atom is -0.487 e. The third-order valence-electron chi connectivity index (χ3n) is 2.68. The Labute approximate surface area is 99.6 Å². The Morgan fingerprint density at radius 2 is 2.12 bits per heavy atom. The second kappa shape index (κ2) is 4.41. The molecule has 4 heteroatoms. The largest absolute Gasteiger partial charge is 0.487 e. The zero-order valence-electron chi connectivity index (χ0n) is 9.41. The van der Waals surface area contributed by atoms with Crippen molar-refractivity contribution in [2.24, 2.45) is 4.99 Å². The molecule has 0 unspecified atom stereocenters. The zero-order chi connectivity index (χ0) is 11.5. The number of fused-ring (bicyclic) bond motifs is 1. The van der Waals surface area contributed by atoms with Crippen molar-refractivity contribution in [1.29, 1.82) is 0 Å². The van der Waals surface area contributed by atoms with Gasteiger partial charge in [-0.25, -0.2) is 4.98 Å². The van der Waals surface area contributed by atoms with Gasteiger partial charge in [0.2, 0.25) is 0 Å². The van der Waals surface area contributed by atoms with Crippen LogP contribution in [0.2, 0.25) is 0 Å². The van der Waals surface area contributed by atoms with Crippen LogP contribution in [0, 0.1) is 0 Å². The van der Waals surface area contributed by atoms with Crippen LogP contribution in [0.15, 0.2) is 41.5 Å². The maximum atomic E-state index is 5.65. The molecule has 0 fully saturated rings. The highest BCUT2D eigenvalue weighted by molar-refractivity contribution is 5.60. The van der Waals surface area contributed by atoms with Gasteiger partial charge in [0, 0.05) is 18.8 Å². The van der Waals surface area contributed by atoms with E-state index in [-0.39, 0.29) is 0 Å². The SMILES string of the molecule is C1=NCn2cc(COc3ccccc3)nc2C1. The second-order valence-electron chi connectivity index (χ2n) is 3.93. The Bertz CT molecular complexity index is 505. The summed E-state index contributed by atoms with van der Waals surface area (Å²) in [7, 11) is 0. The third kappa shape index (κ3) is 2.20. The highest BCUT2D eigenvalue weighted by Gasteiger charge is 2.09. The van der Waals surface area contributed by atoms with Gasteiger partial charge in [-0.2, -0.15) is 0 Å². The number of ether oxygens (including phenoxy) is 1. The first-order valence-electron chi connectivity index (χ1n) is 5.63. The topological polar surface area (TPSA) is 39.4 Å². The molecule has 0 spiro atoms. The van der Waals surface area contributed by atoms with Crippen molar-refractivity contribution in [3.8, 4) is 5.75 Å². The first-order valence-corrected chi connectivity index (χ1v) is 5.63. The molecule has 0 saturated heterocycles. The van der Waals surface area contributed by atoms with Crippen molar-refractivity contribution in [2.45, 2.75) is 19.7 Å². The predicted octanol–water partition coefficient (Wildman–Crippen LogP) is 2.05. The minimum atomic E-state index is 0.504. The summed E-state index contributed by atoms with van der Waals surface area (Å²) in [4.78, 5) is 8.72. The maximum absolute atomic E-state index is 5.65. The molecule has 0 N–H and O–H groups in total. The highest BCUT2D eigenvalue weighted by atomic mass is 16.5. The van der Waals surface area contributed by atoms with Gasteiger partial charge < -0.3 is 9.30 Å². The first-order chi connectivity index (χ1) is 8.42. The molecular weight excluding hydrogens is 214 g/mol. The Hall–Kier alpha value is -2.10. The number of imidazole rings is 1. The number of nitrogens with zero attached hydrogens (tertiary/aromatic N) is 3. The Balaban J connectivity index is 1.68. The van der Waals surface area contributed by atoms with E-state index >= 15 is 0 Å². The average Bonchev–Trinajstić information content (AvgIpc) is 2.80. The van der Waals surface area contributed by atoms with Crippen LogP contribution in [-0.2, 0) is 19.7 Å². The summed E-state index contributed by atoms with van der Waals surface area (Å²) < 4.78 is 7.71. The number of hydrogen-bond acceptors (Lipinski definition) is 3. The number of aromatic nitrogens is 2. The molecule has 0 radical (unpaired) electrons. The molecule has 0 saturated carbocycles. The molecule has 1 aliphatic rings. The predicted molar refractivity (Wildman–Crippen MR) is 65.2 cm³/mol. The van der Waals surface area contributed by atoms with E-state index in [1.165, 1.54) is 0 Å². The molecule has 2 aromatic rings. The molecule has 0 bridgehead atoms. The summed E-state index contributed by atoms with van der Waals surface area (Å²) in [6, 6.07) is 9.78. The third-order valence-corrected chi connectivity index (χ3v) is 2.68. The van der Waals surface area contributed by atoms with E-state index in [0.29, 0.717) is 13.3 Å². The number of benzene rings is 1. The summed E-state index contributed by atoms with van der Waals surface area (Å²) in [6.45, 7) is 1.18. The lowest BCUT2D eigenvalue weighted by Crippen LogP contribution is -2.07. The van der Waals surface area contributed by atoms with Crippen molar-refractivity contribution in [1.82, 2.24) is 9.55 Å². The zero-order valence-corrected chi connectivity index (χ0v) is 9.41. The molecule has 4 nitrogen and oxygen atoms in total. The van der Waals surface area contributed by atoms with Crippen molar-refractivity contribution in [3.63, 3.8) is 0 Å². The Kier molecular flexibility index (Phi) is 2.62. The van der Waals surface area contributed by atoms with Gasteiger partial charge in [-0.05, 0) is 12.1 Å².